The van der Waals surface area contributed by atoms with Crippen LogP contribution in [0.25, 0.3) is 0 Å². The molecule has 0 spiro atoms. The molecule has 1 aliphatic rings. The van der Waals surface area contributed by atoms with Crippen LogP contribution in [0.2, 0.25) is 0 Å². The standard InChI is InChI=1S/C18H30N2O2S/c1-6-15(16-8-7-11-23-16)19-14-9-10-20(13(2)12-14)17(21)22-18(3,4)5/h7-8,11,13-15,19H,6,9-10,12H2,1-5H3. The lowest BCUT2D eigenvalue weighted by molar-refractivity contribution is 0.00896. The van der Waals surface area contributed by atoms with E-state index in [1.54, 1.807) is 0 Å². The van der Waals surface area contributed by atoms with Gasteiger partial charge >= 0.3 is 6.09 Å². The minimum absolute atomic E-state index is 0.186. The number of nitrogens with zero attached hydrogens (tertiary/aromatic N) is 1. The minimum Gasteiger partial charge on any atom is -0.444 e. The highest BCUT2D eigenvalue weighted by Crippen LogP contribution is 2.26. The first-order valence-corrected chi connectivity index (χ1v) is 9.47. The van der Waals surface area contributed by atoms with Crippen molar-refractivity contribution < 1.29 is 9.53 Å². The Morgan fingerprint density at radius 1 is 1.52 bits per heavy atom. The van der Waals surface area contributed by atoms with Crippen LogP contribution in [0.1, 0.15) is 64.8 Å². The molecule has 0 saturated carbocycles. The van der Waals surface area contributed by atoms with Crippen molar-refractivity contribution >= 4 is 17.4 Å². The number of hydrogen-bond donors (Lipinski definition) is 1. The largest absolute Gasteiger partial charge is 0.444 e. The summed E-state index contributed by atoms with van der Waals surface area (Å²) in [5, 5.41) is 5.91. The molecule has 1 fully saturated rings. The fourth-order valence-electron chi connectivity index (χ4n) is 3.09. The van der Waals surface area contributed by atoms with E-state index in [0.29, 0.717) is 12.1 Å². The molecule has 0 radical (unpaired) electrons. The summed E-state index contributed by atoms with van der Waals surface area (Å²) < 4.78 is 5.51. The lowest BCUT2D eigenvalue weighted by atomic mass is 9.97. The van der Waals surface area contributed by atoms with Crippen molar-refractivity contribution in [2.45, 2.75) is 77.6 Å². The molecule has 1 amide bonds. The fraction of sp³-hybridized carbons (Fsp3) is 0.722. The van der Waals surface area contributed by atoms with Gasteiger partial charge in [-0.1, -0.05) is 13.0 Å². The summed E-state index contributed by atoms with van der Waals surface area (Å²) in [5.74, 6) is 0. The molecule has 0 bridgehead atoms. The Balaban J connectivity index is 1.89. The number of hydrogen-bond acceptors (Lipinski definition) is 4. The van der Waals surface area contributed by atoms with Gasteiger partial charge in [0.05, 0.1) is 0 Å². The van der Waals surface area contributed by atoms with Crippen molar-refractivity contribution in [1.29, 1.82) is 0 Å². The molecule has 2 heterocycles. The predicted molar refractivity (Wildman–Crippen MR) is 95.9 cm³/mol. The van der Waals surface area contributed by atoms with Crippen LogP contribution in [-0.4, -0.2) is 35.2 Å². The summed E-state index contributed by atoms with van der Waals surface area (Å²) in [4.78, 5) is 15.5. The number of rotatable bonds is 4. The van der Waals surface area contributed by atoms with E-state index in [9.17, 15) is 4.79 Å². The third kappa shape index (κ3) is 5.21. The molecule has 1 N–H and O–H groups in total. The molecule has 5 heteroatoms. The summed E-state index contributed by atoms with van der Waals surface area (Å²) in [6.45, 7) is 10.8. The van der Waals surface area contributed by atoms with E-state index in [1.807, 2.05) is 37.0 Å². The van der Waals surface area contributed by atoms with Gasteiger partial charge in [0.1, 0.15) is 5.60 Å². The van der Waals surface area contributed by atoms with Crippen LogP contribution in [0.15, 0.2) is 17.5 Å². The van der Waals surface area contributed by atoms with E-state index in [0.717, 1.165) is 25.8 Å². The summed E-state index contributed by atoms with van der Waals surface area (Å²) in [7, 11) is 0. The second-order valence-corrected chi connectivity index (χ2v) is 8.37. The highest BCUT2D eigenvalue weighted by Gasteiger charge is 2.32. The molecule has 1 saturated heterocycles. The maximum absolute atomic E-state index is 12.3. The maximum Gasteiger partial charge on any atom is 0.410 e. The van der Waals surface area contributed by atoms with Crippen molar-refractivity contribution in [1.82, 2.24) is 10.2 Å². The van der Waals surface area contributed by atoms with Gasteiger partial charge in [0.15, 0.2) is 0 Å². The number of ether oxygens (including phenoxy) is 1. The number of carbonyl (C=O) groups is 1. The highest BCUT2D eigenvalue weighted by atomic mass is 32.1. The zero-order valence-corrected chi connectivity index (χ0v) is 15.8. The normalized spacial score (nSPS) is 23.6. The van der Waals surface area contributed by atoms with Gasteiger partial charge in [0.25, 0.3) is 0 Å². The fourth-order valence-corrected chi connectivity index (χ4v) is 3.96. The van der Waals surface area contributed by atoms with E-state index in [4.69, 9.17) is 4.74 Å². The zero-order valence-electron chi connectivity index (χ0n) is 15.0. The second-order valence-electron chi connectivity index (χ2n) is 7.39. The lowest BCUT2D eigenvalue weighted by Crippen LogP contribution is -2.51. The van der Waals surface area contributed by atoms with E-state index < -0.39 is 5.60 Å². The van der Waals surface area contributed by atoms with Crippen molar-refractivity contribution in [2.75, 3.05) is 6.54 Å². The number of likely N-dealkylation sites (tertiary alicyclic amines) is 1. The second kappa shape index (κ2) is 7.67. The van der Waals surface area contributed by atoms with Crippen molar-refractivity contribution in [3.8, 4) is 0 Å². The number of nitrogens with one attached hydrogen (secondary N) is 1. The summed E-state index contributed by atoms with van der Waals surface area (Å²) in [5.41, 5.74) is -0.432. The van der Waals surface area contributed by atoms with Crippen molar-refractivity contribution in [3.05, 3.63) is 22.4 Å². The SMILES string of the molecule is CCC(NC1CCN(C(=O)OC(C)(C)C)C(C)C1)c1cccs1. The molecule has 130 valence electrons. The van der Waals surface area contributed by atoms with Gasteiger partial charge in [-0.05, 0) is 58.4 Å². The average Bonchev–Trinajstić information content (AvgIpc) is 2.96. The van der Waals surface area contributed by atoms with Crippen LogP contribution in [0.4, 0.5) is 4.79 Å². The van der Waals surface area contributed by atoms with Gasteiger partial charge in [-0.3, -0.25) is 0 Å². The molecule has 4 nitrogen and oxygen atoms in total. The molecule has 1 aromatic rings. The van der Waals surface area contributed by atoms with E-state index in [2.05, 4.69) is 36.7 Å². The Bertz CT molecular complexity index is 496. The van der Waals surface area contributed by atoms with Crippen LogP contribution >= 0.6 is 11.3 Å². The highest BCUT2D eigenvalue weighted by molar-refractivity contribution is 7.10. The third-order valence-corrected chi connectivity index (χ3v) is 5.22. The van der Waals surface area contributed by atoms with Gasteiger partial charge in [0, 0.05) is 29.5 Å². The van der Waals surface area contributed by atoms with E-state index in [-0.39, 0.29) is 12.1 Å². The molecule has 23 heavy (non-hydrogen) atoms. The first kappa shape index (κ1) is 18.3. The molecule has 3 unspecified atom stereocenters. The van der Waals surface area contributed by atoms with Gasteiger partial charge < -0.3 is 15.0 Å². The number of amides is 1. The third-order valence-electron chi connectivity index (χ3n) is 4.24. The first-order valence-electron chi connectivity index (χ1n) is 8.59. The Hall–Kier alpha value is -1.07. The molecule has 3 atom stereocenters. The summed E-state index contributed by atoms with van der Waals surface area (Å²) in [6, 6.07) is 5.39. The van der Waals surface area contributed by atoms with Crippen molar-refractivity contribution in [2.24, 2.45) is 0 Å². The van der Waals surface area contributed by atoms with E-state index in [1.165, 1.54) is 4.88 Å². The molecule has 1 aromatic heterocycles. The molecular formula is C18H30N2O2S. The van der Waals surface area contributed by atoms with Crippen LogP contribution in [0, 0.1) is 0 Å². The Labute approximate surface area is 144 Å². The molecular weight excluding hydrogens is 308 g/mol. The molecule has 0 aliphatic carbocycles. The van der Waals surface area contributed by atoms with Gasteiger partial charge in [-0.25, -0.2) is 4.79 Å². The molecule has 2 rings (SSSR count). The Morgan fingerprint density at radius 2 is 2.26 bits per heavy atom. The number of thiophene rings is 1. The average molecular weight is 339 g/mol. The Kier molecular flexibility index (Phi) is 6.09. The van der Waals surface area contributed by atoms with Crippen molar-refractivity contribution in [3.63, 3.8) is 0 Å². The Morgan fingerprint density at radius 3 is 2.78 bits per heavy atom. The number of carbonyl (C=O) groups excluding carboxylic acids is 1. The predicted octanol–water partition coefficient (Wildman–Crippen LogP) is 4.58. The maximum atomic E-state index is 12.3. The number of piperidine rings is 1. The van der Waals surface area contributed by atoms with Crippen LogP contribution in [0.3, 0.4) is 0 Å². The van der Waals surface area contributed by atoms with Crippen LogP contribution < -0.4 is 5.32 Å². The summed E-state index contributed by atoms with van der Waals surface area (Å²) in [6.07, 6.45) is 2.85. The molecule has 0 aromatic carbocycles. The molecule has 1 aliphatic heterocycles. The van der Waals surface area contributed by atoms with Gasteiger partial charge in [-0.2, -0.15) is 0 Å². The van der Waals surface area contributed by atoms with Gasteiger partial charge in [0.2, 0.25) is 0 Å². The van der Waals surface area contributed by atoms with Crippen LogP contribution in [-0.2, 0) is 4.74 Å². The topological polar surface area (TPSA) is 41.6 Å². The minimum atomic E-state index is -0.432. The zero-order chi connectivity index (χ0) is 17.0. The van der Waals surface area contributed by atoms with Crippen LogP contribution in [0.5, 0.6) is 0 Å². The smallest absolute Gasteiger partial charge is 0.410 e. The van der Waals surface area contributed by atoms with Gasteiger partial charge in [-0.15, -0.1) is 11.3 Å². The quantitative estimate of drug-likeness (QED) is 0.874. The monoisotopic (exact) mass is 338 g/mol. The first-order chi connectivity index (χ1) is 10.8. The lowest BCUT2D eigenvalue weighted by Gasteiger charge is -2.39. The van der Waals surface area contributed by atoms with E-state index >= 15 is 0 Å². The summed E-state index contributed by atoms with van der Waals surface area (Å²) >= 11 is 1.81.